The molecule has 0 bridgehead atoms. The van der Waals surface area contributed by atoms with Crippen LogP contribution in [0.4, 0.5) is 14.6 Å². The first kappa shape index (κ1) is 20.4. The normalized spacial score (nSPS) is 14.9. The van der Waals surface area contributed by atoms with Gasteiger partial charge in [0.15, 0.2) is 16.7 Å². The van der Waals surface area contributed by atoms with E-state index in [-0.39, 0.29) is 35.7 Å². The lowest BCUT2D eigenvalue weighted by atomic mass is 10.1. The molecule has 1 aliphatic heterocycles. The standard InChI is InChI=1S/C19H20F2N6O2S/c1-12-24-16(10-25(12)2)30(28,29)26(3)15-8-27(9-15)19-17(21)18(22-11-23-19)13-4-6-14(20)7-5-13/h4-7,10-11,15H,8-9H2,1-3H3. The van der Waals surface area contributed by atoms with Gasteiger partial charge in [0.25, 0.3) is 10.0 Å². The number of sulfonamides is 1. The zero-order chi connectivity index (χ0) is 21.6. The van der Waals surface area contributed by atoms with Gasteiger partial charge < -0.3 is 9.47 Å². The summed E-state index contributed by atoms with van der Waals surface area (Å²) in [5, 5.41) is -0.0183. The number of imidazole rings is 1. The Morgan fingerprint density at radius 2 is 1.80 bits per heavy atom. The number of aryl methyl sites for hydroxylation is 2. The summed E-state index contributed by atoms with van der Waals surface area (Å²) in [6.45, 7) is 2.28. The van der Waals surface area contributed by atoms with Gasteiger partial charge in [-0.05, 0) is 31.2 Å². The molecule has 30 heavy (non-hydrogen) atoms. The van der Waals surface area contributed by atoms with Gasteiger partial charge in [0.2, 0.25) is 0 Å². The van der Waals surface area contributed by atoms with Gasteiger partial charge in [-0.3, -0.25) is 0 Å². The number of hydrogen-bond acceptors (Lipinski definition) is 6. The third kappa shape index (κ3) is 3.43. The Balaban J connectivity index is 1.51. The van der Waals surface area contributed by atoms with Crippen LogP contribution in [0.15, 0.2) is 41.8 Å². The average Bonchev–Trinajstić information content (AvgIpc) is 3.02. The van der Waals surface area contributed by atoms with Crippen LogP contribution in [0.5, 0.6) is 0 Å². The van der Waals surface area contributed by atoms with E-state index in [4.69, 9.17) is 0 Å². The van der Waals surface area contributed by atoms with Crippen LogP contribution in [0.2, 0.25) is 0 Å². The zero-order valence-corrected chi connectivity index (χ0v) is 17.4. The first-order chi connectivity index (χ1) is 14.2. The number of likely N-dealkylation sites (N-methyl/N-ethyl adjacent to an activating group) is 1. The van der Waals surface area contributed by atoms with E-state index in [1.165, 1.54) is 48.1 Å². The predicted octanol–water partition coefficient (Wildman–Crippen LogP) is 1.97. The highest BCUT2D eigenvalue weighted by molar-refractivity contribution is 7.89. The Morgan fingerprint density at radius 1 is 1.13 bits per heavy atom. The molecule has 0 spiro atoms. The number of rotatable bonds is 5. The number of benzene rings is 1. The molecule has 3 heterocycles. The molecular weight excluding hydrogens is 414 g/mol. The predicted molar refractivity (Wildman–Crippen MR) is 106 cm³/mol. The maximum atomic E-state index is 15.0. The van der Waals surface area contributed by atoms with Crippen molar-refractivity contribution >= 4 is 15.8 Å². The first-order valence-electron chi connectivity index (χ1n) is 9.18. The summed E-state index contributed by atoms with van der Waals surface area (Å²) in [5.74, 6) is -0.381. The van der Waals surface area contributed by atoms with E-state index in [0.717, 1.165) is 0 Å². The number of aromatic nitrogens is 4. The molecule has 0 saturated carbocycles. The molecule has 1 aromatic carbocycles. The van der Waals surface area contributed by atoms with Crippen LogP contribution in [-0.4, -0.2) is 58.4 Å². The molecule has 0 unspecified atom stereocenters. The summed E-state index contributed by atoms with van der Waals surface area (Å²) in [7, 11) is -0.546. The first-order valence-corrected chi connectivity index (χ1v) is 10.6. The molecule has 0 radical (unpaired) electrons. The summed E-state index contributed by atoms with van der Waals surface area (Å²) in [6.07, 6.45) is 2.71. The maximum Gasteiger partial charge on any atom is 0.262 e. The van der Waals surface area contributed by atoms with Crippen molar-refractivity contribution in [1.82, 2.24) is 23.8 Å². The second kappa shape index (κ2) is 7.40. The summed E-state index contributed by atoms with van der Waals surface area (Å²) >= 11 is 0. The fourth-order valence-electron chi connectivity index (χ4n) is 3.24. The summed E-state index contributed by atoms with van der Waals surface area (Å²) < 4.78 is 56.7. The van der Waals surface area contributed by atoms with Crippen molar-refractivity contribution in [3.05, 3.63) is 54.2 Å². The van der Waals surface area contributed by atoms with Gasteiger partial charge in [-0.15, -0.1) is 0 Å². The Hall–Kier alpha value is -2.92. The van der Waals surface area contributed by atoms with Gasteiger partial charge >= 0.3 is 0 Å². The summed E-state index contributed by atoms with van der Waals surface area (Å²) in [4.78, 5) is 13.7. The Labute approximate surface area is 172 Å². The van der Waals surface area contributed by atoms with E-state index in [1.807, 2.05) is 0 Å². The van der Waals surface area contributed by atoms with Crippen molar-refractivity contribution in [2.75, 3.05) is 25.0 Å². The van der Waals surface area contributed by atoms with Crippen LogP contribution >= 0.6 is 0 Å². The van der Waals surface area contributed by atoms with Crippen LogP contribution in [0, 0.1) is 18.6 Å². The van der Waals surface area contributed by atoms with Gasteiger partial charge in [-0.2, -0.15) is 4.31 Å². The second-order valence-corrected chi connectivity index (χ2v) is 9.13. The van der Waals surface area contributed by atoms with E-state index in [2.05, 4.69) is 15.0 Å². The smallest absolute Gasteiger partial charge is 0.262 e. The molecule has 2 aromatic heterocycles. The lowest BCUT2D eigenvalue weighted by molar-refractivity contribution is 0.306. The van der Waals surface area contributed by atoms with Gasteiger partial charge in [-0.1, -0.05) is 0 Å². The molecule has 0 aliphatic carbocycles. The number of halogens is 2. The topological polar surface area (TPSA) is 84.2 Å². The monoisotopic (exact) mass is 434 g/mol. The van der Waals surface area contributed by atoms with Crippen LogP contribution in [0.25, 0.3) is 11.3 Å². The molecule has 0 atom stereocenters. The molecule has 158 valence electrons. The van der Waals surface area contributed by atoms with E-state index >= 15 is 0 Å². The highest BCUT2D eigenvalue weighted by Gasteiger charge is 2.39. The van der Waals surface area contributed by atoms with Crippen molar-refractivity contribution in [2.24, 2.45) is 7.05 Å². The van der Waals surface area contributed by atoms with Crippen molar-refractivity contribution in [2.45, 2.75) is 18.0 Å². The Kier molecular flexibility index (Phi) is 5.02. The Bertz CT molecular complexity index is 1170. The lowest BCUT2D eigenvalue weighted by Crippen LogP contribution is -2.60. The van der Waals surface area contributed by atoms with Gasteiger partial charge in [0.05, 0.1) is 6.04 Å². The third-order valence-corrected chi connectivity index (χ3v) is 7.08. The molecule has 0 N–H and O–H groups in total. The largest absolute Gasteiger partial charge is 0.351 e. The minimum absolute atomic E-state index is 0.0183. The number of anilines is 1. The molecule has 11 heteroatoms. The molecule has 4 rings (SSSR count). The van der Waals surface area contributed by atoms with Crippen LogP contribution in [-0.2, 0) is 17.1 Å². The highest BCUT2D eigenvalue weighted by atomic mass is 32.2. The van der Waals surface area contributed by atoms with E-state index in [0.29, 0.717) is 11.4 Å². The summed E-state index contributed by atoms with van der Waals surface area (Å²) in [5.41, 5.74) is 0.494. The molecule has 1 fully saturated rings. The fraction of sp³-hybridized carbons (Fsp3) is 0.316. The van der Waals surface area contributed by atoms with Crippen molar-refractivity contribution in [3.63, 3.8) is 0 Å². The third-order valence-electron chi connectivity index (χ3n) is 5.29. The molecule has 3 aromatic rings. The molecule has 1 aliphatic rings. The van der Waals surface area contributed by atoms with Gasteiger partial charge in [0, 0.05) is 38.9 Å². The minimum atomic E-state index is -3.76. The van der Waals surface area contributed by atoms with Crippen molar-refractivity contribution < 1.29 is 17.2 Å². The zero-order valence-electron chi connectivity index (χ0n) is 16.6. The number of nitrogens with zero attached hydrogens (tertiary/aromatic N) is 6. The van der Waals surface area contributed by atoms with Crippen LogP contribution in [0.3, 0.4) is 0 Å². The highest BCUT2D eigenvalue weighted by Crippen LogP contribution is 2.30. The average molecular weight is 434 g/mol. The number of hydrogen-bond donors (Lipinski definition) is 0. The van der Waals surface area contributed by atoms with E-state index in [1.54, 1.807) is 23.4 Å². The van der Waals surface area contributed by atoms with E-state index in [9.17, 15) is 17.2 Å². The Morgan fingerprint density at radius 3 is 2.40 bits per heavy atom. The van der Waals surface area contributed by atoms with E-state index < -0.39 is 21.7 Å². The summed E-state index contributed by atoms with van der Waals surface area (Å²) in [6, 6.07) is 5.00. The molecule has 0 amide bonds. The molecule has 1 saturated heterocycles. The molecular formula is C19H20F2N6O2S. The SMILES string of the molecule is Cc1nc(S(=O)(=O)N(C)C2CN(c3ncnc(-c4ccc(F)cc4)c3F)C2)cn1C. The fourth-order valence-corrected chi connectivity index (χ4v) is 4.60. The minimum Gasteiger partial charge on any atom is -0.351 e. The second-order valence-electron chi connectivity index (χ2n) is 7.18. The molecule has 8 nitrogen and oxygen atoms in total. The quantitative estimate of drug-likeness (QED) is 0.611. The van der Waals surface area contributed by atoms with Gasteiger partial charge in [0.1, 0.15) is 23.7 Å². The van der Waals surface area contributed by atoms with Crippen molar-refractivity contribution in [1.29, 1.82) is 0 Å². The maximum absolute atomic E-state index is 15.0. The van der Waals surface area contributed by atoms with Crippen LogP contribution in [0.1, 0.15) is 5.82 Å². The van der Waals surface area contributed by atoms with Crippen molar-refractivity contribution in [3.8, 4) is 11.3 Å². The lowest BCUT2D eigenvalue weighted by Gasteiger charge is -2.43. The van der Waals surface area contributed by atoms with Crippen LogP contribution < -0.4 is 4.90 Å². The van der Waals surface area contributed by atoms with Gasteiger partial charge in [-0.25, -0.2) is 32.2 Å².